The number of amides is 2. The van der Waals surface area contributed by atoms with E-state index in [1.165, 1.54) is 17.0 Å². The Hall–Kier alpha value is -3.08. The van der Waals surface area contributed by atoms with Crippen LogP contribution in [0.1, 0.15) is 21.5 Å². The van der Waals surface area contributed by atoms with Crippen molar-refractivity contribution in [3.63, 3.8) is 0 Å². The van der Waals surface area contributed by atoms with E-state index in [0.717, 1.165) is 36.4 Å². The van der Waals surface area contributed by atoms with Crippen molar-refractivity contribution in [3.8, 4) is 0 Å². The van der Waals surface area contributed by atoms with Gasteiger partial charge < -0.3 is 10.2 Å². The Labute approximate surface area is 179 Å². The fourth-order valence-electron chi connectivity index (χ4n) is 3.24. The summed E-state index contributed by atoms with van der Waals surface area (Å²) in [5, 5.41) is 2.52. The molecular weight excluding hydrogens is 440 g/mol. The van der Waals surface area contributed by atoms with Crippen LogP contribution in [-0.4, -0.2) is 54.3 Å². The van der Waals surface area contributed by atoms with Crippen LogP contribution in [0.2, 0.25) is 0 Å². The van der Waals surface area contributed by atoms with E-state index in [1.54, 1.807) is 4.90 Å². The first-order chi connectivity index (χ1) is 14.9. The highest BCUT2D eigenvalue weighted by molar-refractivity contribution is 5.94. The lowest BCUT2D eigenvalue weighted by Crippen LogP contribution is -2.50. The van der Waals surface area contributed by atoms with Crippen molar-refractivity contribution in [2.45, 2.75) is 12.4 Å². The fraction of sp³-hybridized carbons (Fsp3) is 0.333. The Kier molecular flexibility index (Phi) is 6.77. The van der Waals surface area contributed by atoms with Crippen LogP contribution in [0.15, 0.2) is 48.5 Å². The van der Waals surface area contributed by atoms with Gasteiger partial charge in [-0.25, -0.2) is 0 Å². The average Bonchev–Trinajstić information content (AvgIpc) is 2.73. The maximum absolute atomic E-state index is 12.6. The minimum Gasteiger partial charge on any atom is -0.336 e. The molecule has 32 heavy (non-hydrogen) atoms. The summed E-state index contributed by atoms with van der Waals surface area (Å²) in [6.45, 7) is 1.30. The van der Waals surface area contributed by atoms with Crippen molar-refractivity contribution in [2.75, 3.05) is 38.0 Å². The molecule has 3 rings (SSSR count). The molecule has 2 amide bonds. The molecule has 0 radical (unpaired) electrons. The fourth-order valence-corrected chi connectivity index (χ4v) is 3.24. The molecule has 0 spiro atoms. The molecule has 2 aromatic rings. The van der Waals surface area contributed by atoms with Crippen molar-refractivity contribution < 1.29 is 35.9 Å². The topological polar surface area (TPSA) is 52.7 Å². The highest BCUT2D eigenvalue weighted by Crippen LogP contribution is 2.30. The monoisotopic (exact) mass is 459 g/mol. The minimum atomic E-state index is -4.48. The Morgan fingerprint density at radius 3 is 1.69 bits per heavy atom. The lowest BCUT2D eigenvalue weighted by atomic mass is 10.1. The minimum absolute atomic E-state index is 0.0106. The number of halogens is 6. The molecule has 0 bridgehead atoms. The van der Waals surface area contributed by atoms with Gasteiger partial charge in [0.1, 0.15) is 0 Å². The zero-order valence-electron chi connectivity index (χ0n) is 16.6. The second-order valence-electron chi connectivity index (χ2n) is 7.27. The van der Waals surface area contributed by atoms with Crippen LogP contribution in [0, 0.1) is 0 Å². The number of carbonyl (C=O) groups is 2. The van der Waals surface area contributed by atoms with Crippen LogP contribution in [0.3, 0.4) is 0 Å². The molecule has 0 aliphatic carbocycles. The molecule has 0 aromatic heterocycles. The van der Waals surface area contributed by atoms with E-state index < -0.39 is 35.3 Å². The Morgan fingerprint density at radius 2 is 1.22 bits per heavy atom. The number of hydrogen-bond acceptors (Lipinski definition) is 3. The van der Waals surface area contributed by atoms with Crippen LogP contribution < -0.4 is 5.32 Å². The zero-order valence-corrected chi connectivity index (χ0v) is 16.6. The first-order valence-electron chi connectivity index (χ1n) is 9.59. The summed E-state index contributed by atoms with van der Waals surface area (Å²) in [5.41, 5.74) is -1.27. The summed E-state index contributed by atoms with van der Waals surface area (Å²) < 4.78 is 75.7. The molecule has 0 unspecified atom stereocenters. The molecule has 5 nitrogen and oxygen atoms in total. The number of anilines is 1. The Balaban J connectivity index is 1.48. The van der Waals surface area contributed by atoms with Gasteiger partial charge in [0.05, 0.1) is 17.7 Å². The second-order valence-corrected chi connectivity index (χ2v) is 7.27. The van der Waals surface area contributed by atoms with E-state index in [9.17, 15) is 35.9 Å². The predicted molar refractivity (Wildman–Crippen MR) is 104 cm³/mol. The lowest BCUT2D eigenvalue weighted by molar-refractivity contribution is -0.138. The second kappa shape index (κ2) is 9.19. The summed E-state index contributed by atoms with van der Waals surface area (Å²) in [4.78, 5) is 27.9. The number of rotatable bonds is 4. The Morgan fingerprint density at radius 1 is 0.750 bits per heavy atom. The number of alkyl halides is 6. The van der Waals surface area contributed by atoms with Gasteiger partial charge in [-0.1, -0.05) is 0 Å². The number of nitrogens with one attached hydrogen (secondary N) is 1. The van der Waals surface area contributed by atoms with Gasteiger partial charge in [-0.05, 0) is 48.5 Å². The van der Waals surface area contributed by atoms with Crippen LogP contribution in [-0.2, 0) is 17.1 Å². The third-order valence-corrected chi connectivity index (χ3v) is 4.98. The third kappa shape index (κ3) is 6.00. The van der Waals surface area contributed by atoms with E-state index in [2.05, 4.69) is 5.32 Å². The van der Waals surface area contributed by atoms with Gasteiger partial charge in [0, 0.05) is 37.4 Å². The molecule has 1 aliphatic heterocycles. The van der Waals surface area contributed by atoms with Crippen molar-refractivity contribution in [3.05, 3.63) is 65.2 Å². The number of piperazine rings is 1. The van der Waals surface area contributed by atoms with Crippen molar-refractivity contribution in [1.29, 1.82) is 0 Å². The molecule has 1 N–H and O–H groups in total. The van der Waals surface area contributed by atoms with Crippen molar-refractivity contribution in [1.82, 2.24) is 9.80 Å². The summed E-state index contributed by atoms with van der Waals surface area (Å²) in [6, 6.07) is 8.07. The smallest absolute Gasteiger partial charge is 0.336 e. The maximum atomic E-state index is 12.6. The van der Waals surface area contributed by atoms with Crippen molar-refractivity contribution >= 4 is 17.5 Å². The van der Waals surface area contributed by atoms with E-state index in [1.807, 2.05) is 0 Å². The van der Waals surface area contributed by atoms with E-state index in [0.29, 0.717) is 13.1 Å². The van der Waals surface area contributed by atoms with E-state index in [-0.39, 0.29) is 30.9 Å². The highest BCUT2D eigenvalue weighted by Gasteiger charge is 2.31. The van der Waals surface area contributed by atoms with E-state index in [4.69, 9.17) is 0 Å². The summed E-state index contributed by atoms with van der Waals surface area (Å²) in [6.07, 6.45) is -8.94. The molecule has 1 aliphatic rings. The normalized spacial score (nSPS) is 15.5. The quantitative estimate of drug-likeness (QED) is 0.700. The zero-order chi connectivity index (χ0) is 23.5. The van der Waals surface area contributed by atoms with Gasteiger partial charge in [0.25, 0.3) is 5.91 Å². The molecule has 1 fully saturated rings. The van der Waals surface area contributed by atoms with Crippen molar-refractivity contribution in [2.24, 2.45) is 0 Å². The number of hydrogen-bond donors (Lipinski definition) is 1. The summed E-state index contributed by atoms with van der Waals surface area (Å²) in [7, 11) is 0. The van der Waals surface area contributed by atoms with Gasteiger partial charge in [0.15, 0.2) is 0 Å². The molecule has 1 heterocycles. The number of carbonyl (C=O) groups excluding carboxylic acids is 2. The summed E-state index contributed by atoms with van der Waals surface area (Å²) >= 11 is 0. The lowest BCUT2D eigenvalue weighted by Gasteiger charge is -2.34. The first kappa shape index (κ1) is 23.6. The summed E-state index contributed by atoms with van der Waals surface area (Å²) in [5.74, 6) is -0.806. The van der Waals surface area contributed by atoms with Gasteiger partial charge in [-0.2, -0.15) is 26.3 Å². The van der Waals surface area contributed by atoms with E-state index >= 15 is 0 Å². The highest BCUT2D eigenvalue weighted by atomic mass is 19.4. The van der Waals surface area contributed by atoms with Gasteiger partial charge in [-0.3, -0.25) is 14.5 Å². The van der Waals surface area contributed by atoms with Gasteiger partial charge >= 0.3 is 12.4 Å². The van der Waals surface area contributed by atoms with Gasteiger partial charge in [-0.15, -0.1) is 0 Å². The predicted octanol–water partition coefficient (Wildman–Crippen LogP) is 4.12. The SMILES string of the molecule is O=C(CN1CCN(C(=O)c2ccc(C(F)(F)F)cc2)CC1)Nc1ccc(C(F)(F)F)cc1. The van der Waals surface area contributed by atoms with Crippen LogP contribution in [0.5, 0.6) is 0 Å². The Bertz CT molecular complexity index is 947. The maximum Gasteiger partial charge on any atom is 0.416 e. The van der Waals surface area contributed by atoms with Crippen LogP contribution in [0.25, 0.3) is 0 Å². The molecule has 2 aromatic carbocycles. The number of benzene rings is 2. The largest absolute Gasteiger partial charge is 0.416 e. The number of nitrogens with zero attached hydrogens (tertiary/aromatic N) is 2. The standard InChI is InChI=1S/C21H19F6N3O2/c22-20(23,24)15-3-1-14(2-4-15)19(32)30-11-9-29(10-12-30)13-18(31)28-17-7-5-16(6-8-17)21(25,26)27/h1-8H,9-13H2,(H,28,31). The molecule has 0 saturated carbocycles. The third-order valence-electron chi connectivity index (χ3n) is 4.98. The average molecular weight is 459 g/mol. The molecule has 11 heteroatoms. The van der Waals surface area contributed by atoms with Gasteiger partial charge in [0.2, 0.25) is 5.91 Å². The molecule has 1 saturated heterocycles. The van der Waals surface area contributed by atoms with Crippen LogP contribution >= 0.6 is 0 Å². The first-order valence-corrected chi connectivity index (χ1v) is 9.59. The van der Waals surface area contributed by atoms with Crippen LogP contribution in [0.4, 0.5) is 32.0 Å². The molecular formula is C21H19F6N3O2. The molecule has 172 valence electrons. The molecule has 0 atom stereocenters.